The molecule has 0 atom stereocenters. The maximum atomic E-state index is 15.0. The number of alkyl halides is 1. The van der Waals surface area contributed by atoms with Gasteiger partial charge in [0.15, 0.2) is 11.6 Å². The van der Waals surface area contributed by atoms with Gasteiger partial charge in [-0.25, -0.2) is 17.2 Å². The fourth-order valence-electron chi connectivity index (χ4n) is 3.58. The van der Waals surface area contributed by atoms with Gasteiger partial charge in [-0.2, -0.15) is 4.31 Å². The van der Waals surface area contributed by atoms with E-state index in [1.54, 1.807) is 36.4 Å². The minimum Gasteiger partial charge on any atom is -0.497 e. The molecule has 0 aliphatic carbocycles. The summed E-state index contributed by atoms with van der Waals surface area (Å²) < 4.78 is 79.3. The molecule has 7 nitrogen and oxygen atoms in total. The topological polar surface area (TPSA) is 74.3 Å². The molecular weight excluding hydrogens is 560 g/mol. The Balaban J connectivity index is 2.14. The first-order chi connectivity index (χ1) is 17.2. The predicted octanol–water partition coefficient (Wildman–Crippen LogP) is 5.29. The van der Waals surface area contributed by atoms with E-state index in [4.69, 9.17) is 18.9 Å². The van der Waals surface area contributed by atoms with Gasteiger partial charge in [0, 0.05) is 47.2 Å². The third-order valence-corrected chi connectivity index (χ3v) is 7.98. The highest BCUT2D eigenvalue weighted by Crippen LogP contribution is 2.33. The maximum absolute atomic E-state index is 15.0. The quantitative estimate of drug-likeness (QED) is 0.285. The highest BCUT2D eigenvalue weighted by molar-refractivity contribution is 9.08. The first kappa shape index (κ1) is 27.7. The minimum absolute atomic E-state index is 0.00615. The van der Waals surface area contributed by atoms with Crippen LogP contribution in [0.15, 0.2) is 53.4 Å². The van der Waals surface area contributed by atoms with E-state index in [0.29, 0.717) is 34.1 Å². The Morgan fingerprint density at radius 3 is 1.61 bits per heavy atom. The fourth-order valence-corrected chi connectivity index (χ4v) is 5.47. The molecule has 0 saturated heterocycles. The van der Waals surface area contributed by atoms with Crippen molar-refractivity contribution in [2.45, 2.75) is 23.3 Å². The Kier molecular flexibility index (Phi) is 9.15. The standard InChI is InChI=1S/C25H26BrF2NO6S/c1-32-19-8-5-17(21(11-19)34-3)14-29(15-18-6-9-20(33-2)12-22(18)35-4)36(30,31)23-10-7-16(13-26)24(27)25(23)28/h5-12H,13-15H2,1-4H3. The molecule has 11 heteroatoms. The average molecular weight is 586 g/mol. The van der Waals surface area contributed by atoms with Crippen molar-refractivity contribution in [2.75, 3.05) is 28.4 Å². The zero-order chi connectivity index (χ0) is 26.5. The molecule has 0 aliphatic heterocycles. The van der Waals surface area contributed by atoms with Crippen molar-refractivity contribution in [1.82, 2.24) is 4.31 Å². The molecule has 0 radical (unpaired) electrons. The second kappa shape index (κ2) is 11.9. The molecule has 0 bridgehead atoms. The zero-order valence-electron chi connectivity index (χ0n) is 20.2. The second-order valence-electron chi connectivity index (χ2n) is 7.61. The van der Waals surface area contributed by atoms with Crippen molar-refractivity contribution < 1.29 is 36.1 Å². The lowest BCUT2D eigenvalue weighted by atomic mass is 10.1. The van der Waals surface area contributed by atoms with Gasteiger partial charge in [0.1, 0.15) is 27.9 Å². The predicted molar refractivity (Wildman–Crippen MR) is 135 cm³/mol. The number of benzene rings is 3. The number of hydrogen-bond donors (Lipinski definition) is 0. The molecule has 0 saturated carbocycles. The van der Waals surface area contributed by atoms with Crippen molar-refractivity contribution in [3.05, 3.63) is 76.9 Å². The van der Waals surface area contributed by atoms with Gasteiger partial charge in [-0.3, -0.25) is 0 Å². The Hall–Kier alpha value is -2.89. The molecule has 0 fully saturated rings. The van der Waals surface area contributed by atoms with Gasteiger partial charge < -0.3 is 18.9 Å². The van der Waals surface area contributed by atoms with Crippen molar-refractivity contribution in [2.24, 2.45) is 0 Å². The van der Waals surface area contributed by atoms with E-state index in [1.165, 1.54) is 34.5 Å². The molecule has 3 aromatic rings. The van der Waals surface area contributed by atoms with Crippen molar-refractivity contribution >= 4 is 26.0 Å². The normalized spacial score (nSPS) is 11.4. The average Bonchev–Trinajstić information content (AvgIpc) is 2.89. The van der Waals surface area contributed by atoms with E-state index in [9.17, 15) is 17.2 Å². The van der Waals surface area contributed by atoms with E-state index in [1.807, 2.05) is 0 Å². The summed E-state index contributed by atoms with van der Waals surface area (Å²) in [4.78, 5) is -0.773. The Bertz CT molecular complexity index is 1280. The molecule has 0 N–H and O–H groups in total. The highest BCUT2D eigenvalue weighted by atomic mass is 79.9. The van der Waals surface area contributed by atoms with Crippen LogP contribution in [0.5, 0.6) is 23.0 Å². The Morgan fingerprint density at radius 2 is 1.19 bits per heavy atom. The van der Waals surface area contributed by atoms with Crippen LogP contribution in [-0.4, -0.2) is 41.2 Å². The van der Waals surface area contributed by atoms with Gasteiger partial charge in [-0.15, -0.1) is 0 Å². The molecule has 36 heavy (non-hydrogen) atoms. The largest absolute Gasteiger partial charge is 0.497 e. The van der Waals surface area contributed by atoms with Crippen LogP contribution in [0.1, 0.15) is 16.7 Å². The summed E-state index contributed by atoms with van der Waals surface area (Å²) in [6, 6.07) is 12.1. The summed E-state index contributed by atoms with van der Waals surface area (Å²) in [5.74, 6) is -0.895. The second-order valence-corrected chi connectivity index (χ2v) is 10.1. The van der Waals surface area contributed by atoms with Gasteiger partial charge in [0.2, 0.25) is 10.0 Å². The minimum atomic E-state index is -4.53. The van der Waals surface area contributed by atoms with Crippen molar-refractivity contribution in [3.63, 3.8) is 0 Å². The molecule has 3 rings (SSSR count). The summed E-state index contributed by atoms with van der Waals surface area (Å²) in [5, 5.41) is 0.0336. The van der Waals surface area contributed by atoms with Crippen LogP contribution in [0.2, 0.25) is 0 Å². The number of methoxy groups -OCH3 is 4. The number of ether oxygens (including phenoxy) is 4. The van der Waals surface area contributed by atoms with Crippen LogP contribution in [0, 0.1) is 11.6 Å². The van der Waals surface area contributed by atoms with Gasteiger partial charge in [-0.05, 0) is 18.2 Å². The van der Waals surface area contributed by atoms with Crippen LogP contribution < -0.4 is 18.9 Å². The molecule has 0 spiro atoms. The van der Waals surface area contributed by atoms with E-state index >= 15 is 0 Å². The zero-order valence-corrected chi connectivity index (χ0v) is 22.6. The van der Waals surface area contributed by atoms with Crippen LogP contribution in [0.4, 0.5) is 8.78 Å². The monoisotopic (exact) mass is 585 g/mol. The molecule has 3 aromatic carbocycles. The number of halogens is 3. The molecule has 0 unspecified atom stereocenters. The number of nitrogens with zero attached hydrogens (tertiary/aromatic N) is 1. The fraction of sp³-hybridized carbons (Fsp3) is 0.280. The molecule has 0 amide bonds. The highest BCUT2D eigenvalue weighted by Gasteiger charge is 2.31. The first-order valence-electron chi connectivity index (χ1n) is 10.6. The summed E-state index contributed by atoms with van der Waals surface area (Å²) in [6.45, 7) is -0.405. The van der Waals surface area contributed by atoms with Crippen molar-refractivity contribution in [3.8, 4) is 23.0 Å². The van der Waals surface area contributed by atoms with Gasteiger partial charge in [0.05, 0.1) is 28.4 Å². The Morgan fingerprint density at radius 1 is 0.722 bits per heavy atom. The van der Waals surface area contributed by atoms with Gasteiger partial charge in [-0.1, -0.05) is 34.1 Å². The number of hydrogen-bond acceptors (Lipinski definition) is 6. The number of sulfonamides is 1. The van der Waals surface area contributed by atoms with Crippen LogP contribution in [0.3, 0.4) is 0 Å². The first-order valence-corrected chi connectivity index (χ1v) is 13.2. The van der Waals surface area contributed by atoms with E-state index < -0.39 is 26.6 Å². The third kappa shape index (κ3) is 5.74. The lowest BCUT2D eigenvalue weighted by molar-refractivity contribution is 0.356. The molecule has 0 aliphatic rings. The maximum Gasteiger partial charge on any atom is 0.246 e. The summed E-state index contributed by atoms with van der Waals surface area (Å²) in [7, 11) is 1.35. The molecule has 0 aromatic heterocycles. The van der Waals surface area contributed by atoms with Crippen LogP contribution in [0.25, 0.3) is 0 Å². The van der Waals surface area contributed by atoms with Crippen LogP contribution in [-0.2, 0) is 28.4 Å². The smallest absolute Gasteiger partial charge is 0.246 e. The van der Waals surface area contributed by atoms with E-state index in [0.717, 1.165) is 10.4 Å². The van der Waals surface area contributed by atoms with Crippen molar-refractivity contribution in [1.29, 1.82) is 0 Å². The molecule has 0 heterocycles. The summed E-state index contributed by atoms with van der Waals surface area (Å²) >= 11 is 3.08. The number of rotatable bonds is 11. The lowest BCUT2D eigenvalue weighted by Crippen LogP contribution is -2.31. The van der Waals surface area contributed by atoms with Gasteiger partial charge >= 0.3 is 0 Å². The lowest BCUT2D eigenvalue weighted by Gasteiger charge is -2.25. The summed E-state index contributed by atoms with van der Waals surface area (Å²) in [5.41, 5.74) is 0.992. The van der Waals surface area contributed by atoms with E-state index in [-0.39, 0.29) is 24.0 Å². The Labute approximate surface area is 217 Å². The third-order valence-electron chi connectivity index (χ3n) is 5.57. The molecular formula is C25H26BrF2NO6S. The van der Waals surface area contributed by atoms with Crippen LogP contribution >= 0.6 is 15.9 Å². The summed E-state index contributed by atoms with van der Waals surface area (Å²) in [6.07, 6.45) is 0. The van der Waals surface area contributed by atoms with Gasteiger partial charge in [0.25, 0.3) is 0 Å². The van der Waals surface area contributed by atoms with E-state index in [2.05, 4.69) is 15.9 Å². The molecule has 194 valence electrons. The SMILES string of the molecule is COc1ccc(CN(Cc2ccc(OC)cc2OC)S(=O)(=O)c2ccc(CBr)c(F)c2F)c(OC)c1.